The molecule has 0 aromatic carbocycles. The molecule has 32 heavy (non-hydrogen) atoms. The second-order valence-corrected chi connectivity index (χ2v) is 9.88. The molecule has 4 rings (SSSR count). The molecule has 1 saturated carbocycles. The zero-order valence-electron chi connectivity index (χ0n) is 17.9. The normalized spacial score (nSPS) is 27.1. The van der Waals surface area contributed by atoms with Crippen LogP contribution in [-0.2, 0) is 0 Å². The Morgan fingerprint density at radius 1 is 1.19 bits per heavy atom. The van der Waals surface area contributed by atoms with E-state index < -0.39 is 30.9 Å². The Hall–Kier alpha value is -1.49. The van der Waals surface area contributed by atoms with Crippen molar-refractivity contribution in [2.24, 2.45) is 11.8 Å². The minimum Gasteiger partial charge on any atom is -0.268 e. The highest BCUT2D eigenvalue weighted by atomic mass is 32.2. The van der Waals surface area contributed by atoms with Gasteiger partial charge in [-0.1, -0.05) is 25.2 Å². The number of aromatic nitrogens is 1. The topological polar surface area (TPSA) is 40.2 Å². The van der Waals surface area contributed by atoms with Crippen molar-refractivity contribution >= 4 is 17.3 Å². The Bertz CT molecular complexity index is 897. The van der Waals surface area contributed by atoms with Crippen molar-refractivity contribution in [1.29, 1.82) is 0 Å². The van der Waals surface area contributed by atoms with Gasteiger partial charge >= 0.3 is 12.1 Å². The van der Waals surface area contributed by atoms with E-state index in [-0.39, 0.29) is 0 Å². The average molecular weight is 475 g/mol. The summed E-state index contributed by atoms with van der Waals surface area (Å²) in [5, 5.41) is 0. The number of hydrogen-bond acceptors (Lipinski definition) is 5. The summed E-state index contributed by atoms with van der Waals surface area (Å²) in [6, 6.07) is 2.03. The first kappa shape index (κ1) is 23.7. The Labute approximate surface area is 188 Å². The lowest BCUT2D eigenvalue weighted by Gasteiger charge is -2.28. The smallest absolute Gasteiger partial charge is 0.268 e. The van der Waals surface area contributed by atoms with Crippen molar-refractivity contribution in [3.63, 3.8) is 0 Å². The fraction of sp³-hybridized carbons (Fsp3) is 0.591. The van der Waals surface area contributed by atoms with E-state index in [1.54, 1.807) is 18.0 Å². The molecular weight excluding hydrogens is 447 g/mol. The number of halogens is 5. The van der Waals surface area contributed by atoms with E-state index in [1.165, 1.54) is 24.8 Å². The molecule has 3 aliphatic rings. The van der Waals surface area contributed by atoms with Crippen LogP contribution in [0.1, 0.15) is 50.0 Å². The molecule has 10 heteroatoms. The van der Waals surface area contributed by atoms with E-state index in [2.05, 4.69) is 34.1 Å². The van der Waals surface area contributed by atoms with Gasteiger partial charge in [0.2, 0.25) is 0 Å². The second-order valence-electron chi connectivity index (χ2n) is 8.57. The maximum Gasteiger partial charge on any atom is 0.453 e. The van der Waals surface area contributed by atoms with E-state index in [4.69, 9.17) is 0 Å². The van der Waals surface area contributed by atoms with Crippen LogP contribution in [0.15, 0.2) is 35.4 Å². The number of thioether (sulfide) groups is 1. The van der Waals surface area contributed by atoms with Crippen molar-refractivity contribution in [3.8, 4) is 0 Å². The van der Waals surface area contributed by atoms with Crippen molar-refractivity contribution in [2.45, 2.75) is 61.9 Å². The molecule has 1 aliphatic heterocycles. The van der Waals surface area contributed by atoms with Gasteiger partial charge in [0, 0.05) is 16.7 Å². The van der Waals surface area contributed by atoms with Gasteiger partial charge in [-0.2, -0.15) is 22.0 Å². The van der Waals surface area contributed by atoms with Gasteiger partial charge in [-0.25, -0.2) is 10.9 Å². The molecule has 176 valence electrons. The number of nitrogens with one attached hydrogen (secondary N) is 2. The lowest BCUT2D eigenvalue weighted by atomic mass is 9.90. The van der Waals surface area contributed by atoms with Gasteiger partial charge in [0.1, 0.15) is 6.17 Å². The molecule has 2 fully saturated rings. The average Bonchev–Trinajstić information content (AvgIpc) is 3.53. The van der Waals surface area contributed by atoms with Crippen LogP contribution in [0, 0.1) is 11.8 Å². The van der Waals surface area contributed by atoms with Crippen LogP contribution in [-0.4, -0.2) is 40.9 Å². The molecule has 0 amide bonds. The number of nitrogens with zero attached hydrogens (tertiary/aromatic N) is 2. The fourth-order valence-corrected chi connectivity index (χ4v) is 5.02. The molecule has 2 N–H and O–H groups in total. The second kappa shape index (κ2) is 9.04. The van der Waals surface area contributed by atoms with Crippen molar-refractivity contribution in [1.82, 2.24) is 20.7 Å². The first-order chi connectivity index (χ1) is 15.1. The number of rotatable bonds is 7. The highest BCUT2D eigenvalue weighted by Gasteiger charge is 2.59. The molecule has 4 nitrogen and oxygen atoms in total. The Morgan fingerprint density at radius 3 is 2.53 bits per heavy atom. The van der Waals surface area contributed by atoms with Crippen LogP contribution < -0.4 is 10.9 Å². The maximum atomic E-state index is 13.6. The predicted molar refractivity (Wildman–Crippen MR) is 115 cm³/mol. The SMILES string of the molecule is CCSc1cc(C2=CCC(C3CC3)C=C2)cnc1C1NNC(CC(F)(F)C(F)(F)F)N1C. The van der Waals surface area contributed by atoms with Crippen LogP contribution in [0.25, 0.3) is 5.57 Å². The predicted octanol–water partition coefficient (Wildman–Crippen LogP) is 5.52. The highest BCUT2D eigenvalue weighted by molar-refractivity contribution is 7.99. The summed E-state index contributed by atoms with van der Waals surface area (Å²) in [5.41, 5.74) is 8.10. The molecular formula is C22H27F5N4S. The van der Waals surface area contributed by atoms with Crippen LogP contribution >= 0.6 is 11.8 Å². The number of hydrogen-bond donors (Lipinski definition) is 2. The molecule has 3 unspecified atom stereocenters. The highest BCUT2D eigenvalue weighted by Crippen LogP contribution is 2.43. The van der Waals surface area contributed by atoms with Crippen molar-refractivity contribution in [2.75, 3.05) is 12.8 Å². The number of alkyl halides is 5. The monoisotopic (exact) mass is 474 g/mol. The summed E-state index contributed by atoms with van der Waals surface area (Å²) in [7, 11) is 1.51. The summed E-state index contributed by atoms with van der Waals surface area (Å²) in [6.45, 7) is 2.00. The summed E-state index contributed by atoms with van der Waals surface area (Å²) in [4.78, 5) is 6.91. The Balaban J connectivity index is 1.51. The van der Waals surface area contributed by atoms with Gasteiger partial charge in [0.25, 0.3) is 0 Å². The van der Waals surface area contributed by atoms with E-state index in [0.29, 0.717) is 11.6 Å². The van der Waals surface area contributed by atoms with E-state index in [0.717, 1.165) is 34.1 Å². The molecule has 2 aliphatic carbocycles. The summed E-state index contributed by atoms with van der Waals surface area (Å²) >= 11 is 1.57. The van der Waals surface area contributed by atoms with Crippen LogP contribution in [0.4, 0.5) is 22.0 Å². The van der Waals surface area contributed by atoms with Crippen molar-refractivity contribution < 1.29 is 22.0 Å². The van der Waals surface area contributed by atoms with Gasteiger partial charge in [-0.3, -0.25) is 9.88 Å². The lowest BCUT2D eigenvalue weighted by molar-refractivity contribution is -0.288. The minimum absolute atomic E-state index is 0.602. The van der Waals surface area contributed by atoms with E-state index in [1.807, 2.05) is 13.0 Å². The third-order valence-electron chi connectivity index (χ3n) is 6.28. The van der Waals surface area contributed by atoms with Gasteiger partial charge in [0.15, 0.2) is 0 Å². The fourth-order valence-electron chi connectivity index (χ4n) is 4.19. The molecule has 0 bridgehead atoms. The maximum absolute atomic E-state index is 13.6. The molecule has 0 spiro atoms. The molecule has 2 heterocycles. The Kier molecular flexibility index (Phi) is 6.68. The molecule has 0 radical (unpaired) electrons. The lowest BCUT2D eigenvalue weighted by Crippen LogP contribution is -2.46. The number of hydrazine groups is 1. The van der Waals surface area contributed by atoms with Crippen molar-refractivity contribution in [3.05, 3.63) is 41.7 Å². The zero-order chi connectivity index (χ0) is 23.1. The first-order valence-electron chi connectivity index (χ1n) is 10.8. The van der Waals surface area contributed by atoms with Gasteiger partial charge < -0.3 is 0 Å². The Morgan fingerprint density at radius 2 is 1.94 bits per heavy atom. The minimum atomic E-state index is -5.59. The van der Waals surface area contributed by atoms with E-state index in [9.17, 15) is 22.0 Å². The van der Waals surface area contributed by atoms with Gasteiger partial charge in [0.05, 0.1) is 18.3 Å². The summed E-state index contributed by atoms with van der Waals surface area (Å²) in [5.74, 6) is -2.59. The standard InChI is InChI=1S/C22H27F5N4S/c1-3-32-17-10-16(15-8-6-14(7-9-15)13-4-5-13)12-28-19(17)20-30-29-18(31(20)2)11-21(23,24)22(25,26)27/h6,8-10,12-14,18,20,29-30H,3-5,7,11H2,1-2H3. The zero-order valence-corrected chi connectivity index (χ0v) is 18.7. The molecule has 3 atom stereocenters. The van der Waals surface area contributed by atoms with Crippen LogP contribution in [0.5, 0.6) is 0 Å². The van der Waals surface area contributed by atoms with Crippen LogP contribution in [0.2, 0.25) is 0 Å². The van der Waals surface area contributed by atoms with Gasteiger partial charge in [-0.05, 0) is 55.5 Å². The van der Waals surface area contributed by atoms with Crippen LogP contribution in [0.3, 0.4) is 0 Å². The number of allylic oxidation sites excluding steroid dienone is 4. The first-order valence-corrected chi connectivity index (χ1v) is 11.8. The molecule has 1 aromatic heterocycles. The molecule has 1 aromatic rings. The third-order valence-corrected chi connectivity index (χ3v) is 7.21. The quantitative estimate of drug-likeness (QED) is 0.403. The largest absolute Gasteiger partial charge is 0.453 e. The van der Waals surface area contributed by atoms with E-state index >= 15 is 0 Å². The third kappa shape index (κ3) is 4.88. The van der Waals surface area contributed by atoms with Gasteiger partial charge in [-0.15, -0.1) is 11.8 Å². The summed E-state index contributed by atoms with van der Waals surface area (Å²) < 4.78 is 65.1. The molecule has 1 saturated heterocycles. The summed E-state index contributed by atoms with van der Waals surface area (Å²) in [6.07, 6.45) is 3.22. The number of pyridine rings is 1.